The number of aliphatic carboxylic acids is 1. The Balaban J connectivity index is 2.40. The molecule has 1 aliphatic heterocycles. The number of hydrogen-bond donors (Lipinski definition) is 2. The van der Waals surface area contributed by atoms with Gasteiger partial charge >= 0.3 is 5.97 Å². The molecule has 0 bridgehead atoms. The average Bonchev–Trinajstić information content (AvgIpc) is 2.60. The van der Waals surface area contributed by atoms with Crippen LogP contribution < -0.4 is 4.72 Å². The molecule has 0 aromatic heterocycles. The predicted molar refractivity (Wildman–Crippen MR) is 69.6 cm³/mol. The number of sulfonamides is 1. The molecule has 0 spiro atoms. The molecule has 102 valence electrons. The monoisotopic (exact) mass is 282 g/mol. The Morgan fingerprint density at radius 1 is 1.42 bits per heavy atom. The van der Waals surface area contributed by atoms with Crippen molar-refractivity contribution in [1.82, 2.24) is 4.72 Å². The van der Waals surface area contributed by atoms with Gasteiger partial charge in [-0.05, 0) is 18.6 Å². The van der Waals surface area contributed by atoms with Crippen molar-refractivity contribution in [3.05, 3.63) is 29.8 Å². The number of carboxylic acids is 1. The molecule has 1 unspecified atom stereocenters. The van der Waals surface area contributed by atoms with Gasteiger partial charge in [-0.2, -0.15) is 0 Å². The van der Waals surface area contributed by atoms with Crippen LogP contribution in [0.15, 0.2) is 34.2 Å². The number of hydrogen-bond acceptors (Lipinski definition) is 4. The van der Waals surface area contributed by atoms with E-state index in [4.69, 9.17) is 5.11 Å². The van der Waals surface area contributed by atoms with Crippen LogP contribution >= 0.6 is 0 Å². The minimum atomic E-state index is -3.57. The van der Waals surface area contributed by atoms with E-state index in [-0.39, 0.29) is 17.2 Å². The maximum absolute atomic E-state index is 11.8. The molecule has 0 amide bonds. The van der Waals surface area contributed by atoms with Gasteiger partial charge in [-0.15, -0.1) is 0 Å². The number of benzene rings is 1. The van der Waals surface area contributed by atoms with Gasteiger partial charge in [0.15, 0.2) is 0 Å². The zero-order chi connectivity index (χ0) is 14.0. The van der Waals surface area contributed by atoms with Crippen LogP contribution in [0.2, 0.25) is 0 Å². The van der Waals surface area contributed by atoms with Crippen LogP contribution in [0.1, 0.15) is 25.3 Å². The number of nitrogens with one attached hydrogen (secondary N) is 1. The van der Waals surface area contributed by atoms with Crippen molar-refractivity contribution >= 4 is 21.8 Å². The normalized spacial score (nSPS) is 19.7. The predicted octanol–water partition coefficient (Wildman–Crippen LogP) is 0.978. The second-order valence-electron chi connectivity index (χ2n) is 4.24. The third kappa shape index (κ3) is 2.76. The van der Waals surface area contributed by atoms with Crippen molar-refractivity contribution in [2.75, 3.05) is 0 Å². The first-order chi connectivity index (χ1) is 8.94. The zero-order valence-corrected chi connectivity index (χ0v) is 11.1. The van der Waals surface area contributed by atoms with E-state index < -0.39 is 22.0 Å². The van der Waals surface area contributed by atoms with Crippen LogP contribution in [0.3, 0.4) is 0 Å². The summed E-state index contributed by atoms with van der Waals surface area (Å²) in [4.78, 5) is 15.1. The van der Waals surface area contributed by atoms with Gasteiger partial charge in [-0.1, -0.05) is 19.1 Å². The van der Waals surface area contributed by atoms with Gasteiger partial charge in [0, 0.05) is 5.56 Å². The van der Waals surface area contributed by atoms with Crippen molar-refractivity contribution in [2.45, 2.75) is 30.7 Å². The van der Waals surface area contributed by atoms with Crippen LogP contribution in [0.5, 0.6) is 0 Å². The summed E-state index contributed by atoms with van der Waals surface area (Å²) in [7, 11) is -3.57. The smallest absolute Gasteiger partial charge is 0.305 e. The fraction of sp³-hybridized carbons (Fsp3) is 0.333. The molecular weight excluding hydrogens is 268 g/mol. The Kier molecular flexibility index (Phi) is 3.57. The van der Waals surface area contributed by atoms with Crippen LogP contribution in [-0.4, -0.2) is 31.4 Å². The van der Waals surface area contributed by atoms with Crippen molar-refractivity contribution in [2.24, 2.45) is 4.99 Å². The quantitative estimate of drug-likeness (QED) is 0.860. The van der Waals surface area contributed by atoms with E-state index in [2.05, 4.69) is 9.71 Å². The zero-order valence-electron chi connectivity index (χ0n) is 10.3. The maximum Gasteiger partial charge on any atom is 0.305 e. The van der Waals surface area contributed by atoms with Crippen LogP contribution in [-0.2, 0) is 14.8 Å². The Morgan fingerprint density at radius 3 is 2.74 bits per heavy atom. The van der Waals surface area contributed by atoms with Crippen molar-refractivity contribution < 1.29 is 18.3 Å². The molecule has 19 heavy (non-hydrogen) atoms. The molecular formula is C12H14N2O4S. The Morgan fingerprint density at radius 2 is 2.11 bits per heavy atom. The fourth-order valence-corrected chi connectivity index (χ4v) is 3.13. The molecule has 0 saturated carbocycles. The minimum Gasteiger partial charge on any atom is -0.481 e. The number of fused-ring (bicyclic) bond motifs is 1. The molecule has 1 aromatic carbocycles. The van der Waals surface area contributed by atoms with Gasteiger partial charge < -0.3 is 5.11 Å². The van der Waals surface area contributed by atoms with E-state index in [1.165, 1.54) is 6.07 Å². The highest BCUT2D eigenvalue weighted by molar-refractivity contribution is 7.90. The van der Waals surface area contributed by atoms with Crippen LogP contribution in [0.4, 0.5) is 0 Å². The van der Waals surface area contributed by atoms with E-state index >= 15 is 0 Å². The van der Waals surface area contributed by atoms with E-state index in [1.54, 1.807) is 18.2 Å². The maximum atomic E-state index is 11.8. The molecule has 0 aliphatic carbocycles. The summed E-state index contributed by atoms with van der Waals surface area (Å²) in [5.41, 5.74) is 0.492. The highest BCUT2D eigenvalue weighted by atomic mass is 32.2. The molecule has 0 radical (unpaired) electrons. The molecule has 1 heterocycles. The first kappa shape index (κ1) is 13.5. The molecule has 7 heteroatoms. The van der Waals surface area contributed by atoms with Crippen molar-refractivity contribution in [3.8, 4) is 0 Å². The van der Waals surface area contributed by atoms with Gasteiger partial charge in [0.05, 0.1) is 17.4 Å². The summed E-state index contributed by atoms with van der Waals surface area (Å²) >= 11 is 0. The molecule has 2 rings (SSSR count). The number of rotatable bonds is 4. The SMILES string of the molecule is CCC(CC(=O)O)N=C1NS(=O)(=O)c2ccccc21. The molecule has 1 aliphatic rings. The van der Waals surface area contributed by atoms with Gasteiger partial charge in [-0.25, -0.2) is 8.42 Å². The Bertz CT molecular complexity index is 637. The summed E-state index contributed by atoms with van der Waals surface area (Å²) < 4.78 is 26.1. The summed E-state index contributed by atoms with van der Waals surface area (Å²) in [6.45, 7) is 1.81. The summed E-state index contributed by atoms with van der Waals surface area (Å²) in [5.74, 6) is -0.728. The summed E-state index contributed by atoms with van der Waals surface area (Å²) in [6, 6.07) is 6.06. The first-order valence-corrected chi connectivity index (χ1v) is 7.34. The third-order valence-electron chi connectivity index (χ3n) is 2.86. The highest BCUT2D eigenvalue weighted by Gasteiger charge is 2.30. The van der Waals surface area contributed by atoms with Crippen molar-refractivity contribution in [1.29, 1.82) is 0 Å². The molecule has 2 N–H and O–H groups in total. The third-order valence-corrected chi connectivity index (χ3v) is 4.25. The number of carboxylic acid groups (broad SMARTS) is 1. The van der Waals surface area contributed by atoms with E-state index in [0.29, 0.717) is 12.0 Å². The van der Waals surface area contributed by atoms with E-state index in [0.717, 1.165) is 0 Å². The standard InChI is InChI=1S/C12H14N2O4S/c1-2-8(7-11(15)16)13-12-9-5-3-4-6-10(9)19(17,18)14-12/h3-6,8H,2,7H2,1H3,(H,13,14)(H,15,16). The Labute approximate surface area is 111 Å². The largest absolute Gasteiger partial charge is 0.481 e. The second-order valence-corrected chi connectivity index (χ2v) is 5.89. The molecule has 1 aromatic rings. The fourth-order valence-electron chi connectivity index (χ4n) is 1.90. The van der Waals surface area contributed by atoms with E-state index in [9.17, 15) is 13.2 Å². The average molecular weight is 282 g/mol. The van der Waals surface area contributed by atoms with Gasteiger partial charge in [0.1, 0.15) is 5.84 Å². The van der Waals surface area contributed by atoms with Gasteiger partial charge in [-0.3, -0.25) is 14.5 Å². The lowest BCUT2D eigenvalue weighted by Gasteiger charge is -2.08. The topological polar surface area (TPSA) is 95.8 Å². The van der Waals surface area contributed by atoms with Crippen LogP contribution in [0.25, 0.3) is 0 Å². The second kappa shape index (κ2) is 5.00. The lowest BCUT2D eigenvalue weighted by Crippen LogP contribution is -2.24. The summed E-state index contributed by atoms with van der Waals surface area (Å²) in [6.07, 6.45) is 0.406. The van der Waals surface area contributed by atoms with E-state index in [1.807, 2.05) is 6.92 Å². The van der Waals surface area contributed by atoms with Gasteiger partial charge in [0.2, 0.25) is 0 Å². The summed E-state index contributed by atoms with van der Waals surface area (Å²) in [5, 5.41) is 8.78. The molecule has 6 nitrogen and oxygen atoms in total. The molecule has 0 fully saturated rings. The minimum absolute atomic E-state index is 0.121. The lowest BCUT2D eigenvalue weighted by molar-refractivity contribution is -0.137. The highest BCUT2D eigenvalue weighted by Crippen LogP contribution is 2.23. The lowest BCUT2D eigenvalue weighted by atomic mass is 10.1. The van der Waals surface area contributed by atoms with Crippen LogP contribution in [0, 0.1) is 0 Å². The first-order valence-electron chi connectivity index (χ1n) is 5.86. The Hall–Kier alpha value is -1.89. The number of amidine groups is 1. The molecule has 0 saturated heterocycles. The number of carbonyl (C=O) groups is 1. The van der Waals surface area contributed by atoms with Crippen molar-refractivity contribution in [3.63, 3.8) is 0 Å². The number of nitrogens with zero attached hydrogens (tertiary/aromatic N) is 1. The molecule has 1 atom stereocenters. The van der Waals surface area contributed by atoms with Gasteiger partial charge in [0.25, 0.3) is 10.0 Å². The number of aliphatic imine (C=N–C) groups is 1.